The van der Waals surface area contributed by atoms with Crippen molar-refractivity contribution in [3.63, 3.8) is 0 Å². The number of anilines is 1. The second-order valence-corrected chi connectivity index (χ2v) is 5.51. The Balaban J connectivity index is 2.31. The topological polar surface area (TPSA) is 23.5 Å². The maximum Gasteiger partial charge on any atom is 0.418 e. The first-order chi connectivity index (χ1) is 8.25. The number of hydrogen-bond acceptors (Lipinski definition) is 2. The van der Waals surface area contributed by atoms with Gasteiger partial charge in [-0.3, -0.25) is 0 Å². The average molecular weight is 324 g/mol. The number of rotatable bonds is 2. The molecule has 1 aromatic rings. The molecule has 1 fully saturated rings. The van der Waals surface area contributed by atoms with Crippen molar-refractivity contribution in [1.29, 1.82) is 0 Å². The van der Waals surface area contributed by atoms with E-state index < -0.39 is 17.3 Å². The van der Waals surface area contributed by atoms with Crippen LogP contribution < -0.4 is 4.90 Å². The fourth-order valence-corrected chi connectivity index (χ4v) is 2.41. The molecule has 0 atom stereocenters. The minimum Gasteiger partial charge on any atom is -0.386 e. The van der Waals surface area contributed by atoms with Crippen LogP contribution in [0.15, 0.2) is 22.7 Å². The molecule has 1 N–H and O–H groups in total. The molecule has 6 heteroatoms. The number of hydrogen-bond donors (Lipinski definition) is 1. The van der Waals surface area contributed by atoms with Crippen molar-refractivity contribution in [3.05, 3.63) is 28.2 Å². The Hall–Kier alpha value is -0.750. The molecule has 0 unspecified atom stereocenters. The van der Waals surface area contributed by atoms with Crippen molar-refractivity contribution in [2.24, 2.45) is 0 Å². The Morgan fingerprint density at radius 2 is 2.00 bits per heavy atom. The molecular weight excluding hydrogens is 311 g/mol. The molecule has 0 amide bonds. The van der Waals surface area contributed by atoms with Gasteiger partial charge in [0.15, 0.2) is 0 Å². The van der Waals surface area contributed by atoms with Gasteiger partial charge in [0.05, 0.1) is 16.9 Å². The van der Waals surface area contributed by atoms with E-state index in [9.17, 15) is 18.3 Å². The molecule has 1 aliphatic rings. The third-order valence-corrected chi connectivity index (χ3v) is 3.73. The van der Waals surface area contributed by atoms with Gasteiger partial charge in [0, 0.05) is 17.6 Å². The summed E-state index contributed by atoms with van der Waals surface area (Å²) < 4.78 is 39.2. The van der Waals surface area contributed by atoms with E-state index in [1.807, 2.05) is 6.92 Å². The van der Waals surface area contributed by atoms with Crippen molar-refractivity contribution in [3.8, 4) is 0 Å². The van der Waals surface area contributed by atoms with Gasteiger partial charge in [0.1, 0.15) is 0 Å². The summed E-state index contributed by atoms with van der Waals surface area (Å²) in [6.45, 7) is 2.30. The molecule has 1 saturated heterocycles. The second-order valence-electron chi connectivity index (χ2n) is 4.59. The third kappa shape index (κ3) is 2.49. The summed E-state index contributed by atoms with van der Waals surface area (Å²) in [4.78, 5) is 1.55. The van der Waals surface area contributed by atoms with Crippen LogP contribution in [0.5, 0.6) is 0 Å². The van der Waals surface area contributed by atoms with Crippen LogP contribution in [-0.4, -0.2) is 23.8 Å². The zero-order valence-corrected chi connectivity index (χ0v) is 11.3. The van der Waals surface area contributed by atoms with E-state index in [2.05, 4.69) is 15.9 Å². The molecule has 1 aromatic carbocycles. The molecule has 1 aliphatic heterocycles. The highest BCUT2D eigenvalue weighted by atomic mass is 79.9. The average Bonchev–Trinajstić information content (AvgIpc) is 2.23. The highest BCUT2D eigenvalue weighted by Gasteiger charge is 2.43. The Kier molecular flexibility index (Phi) is 3.36. The van der Waals surface area contributed by atoms with Crippen molar-refractivity contribution in [1.82, 2.24) is 0 Å². The SMILES string of the molecule is CCC1(O)CN(c2cc(Br)ccc2C(F)(F)F)C1. The van der Waals surface area contributed by atoms with Crippen molar-refractivity contribution >= 4 is 21.6 Å². The van der Waals surface area contributed by atoms with Crippen LogP contribution in [0.25, 0.3) is 0 Å². The first-order valence-corrected chi connectivity index (χ1v) is 6.38. The van der Waals surface area contributed by atoms with Crippen LogP contribution in [-0.2, 0) is 6.18 Å². The predicted octanol–water partition coefficient (Wildman–Crippen LogP) is 3.43. The van der Waals surface area contributed by atoms with Crippen LogP contribution in [0.4, 0.5) is 18.9 Å². The molecule has 2 rings (SSSR count). The monoisotopic (exact) mass is 323 g/mol. The zero-order valence-electron chi connectivity index (χ0n) is 9.76. The van der Waals surface area contributed by atoms with Gasteiger partial charge >= 0.3 is 6.18 Å². The summed E-state index contributed by atoms with van der Waals surface area (Å²) in [6, 6.07) is 3.87. The Morgan fingerprint density at radius 3 is 2.50 bits per heavy atom. The van der Waals surface area contributed by atoms with E-state index in [-0.39, 0.29) is 18.8 Å². The molecule has 0 aromatic heterocycles. The molecule has 0 radical (unpaired) electrons. The maximum absolute atomic E-state index is 12.9. The van der Waals surface area contributed by atoms with Crippen LogP contribution in [0.1, 0.15) is 18.9 Å². The van der Waals surface area contributed by atoms with E-state index in [4.69, 9.17) is 0 Å². The van der Waals surface area contributed by atoms with Gasteiger partial charge in [-0.1, -0.05) is 22.9 Å². The fourth-order valence-electron chi connectivity index (χ4n) is 2.06. The second kappa shape index (κ2) is 4.42. The van der Waals surface area contributed by atoms with Crippen LogP contribution in [0.2, 0.25) is 0 Å². The predicted molar refractivity (Wildman–Crippen MR) is 66.6 cm³/mol. The number of halogens is 4. The van der Waals surface area contributed by atoms with Gasteiger partial charge in [-0.15, -0.1) is 0 Å². The number of nitrogens with zero attached hydrogens (tertiary/aromatic N) is 1. The van der Waals surface area contributed by atoms with E-state index in [0.29, 0.717) is 10.9 Å². The highest BCUT2D eigenvalue weighted by Crippen LogP contribution is 2.41. The number of alkyl halides is 3. The summed E-state index contributed by atoms with van der Waals surface area (Å²) in [5.41, 5.74) is -1.40. The lowest BCUT2D eigenvalue weighted by atomic mass is 9.90. The fraction of sp³-hybridized carbons (Fsp3) is 0.500. The molecule has 1 heterocycles. The number of β-amino-alcohol motifs (C(OH)–C–C–N with tert-alkyl or cyclic N) is 1. The number of aliphatic hydroxyl groups is 1. The molecule has 0 aliphatic carbocycles. The van der Waals surface area contributed by atoms with Crippen molar-refractivity contribution in [2.75, 3.05) is 18.0 Å². The molecular formula is C12H13BrF3NO. The van der Waals surface area contributed by atoms with Crippen molar-refractivity contribution in [2.45, 2.75) is 25.1 Å². The quantitative estimate of drug-likeness (QED) is 0.901. The first kappa shape index (κ1) is 13.7. The molecule has 0 bridgehead atoms. The Labute approximate surface area is 112 Å². The largest absolute Gasteiger partial charge is 0.418 e. The Morgan fingerprint density at radius 1 is 1.39 bits per heavy atom. The summed E-state index contributed by atoms with van der Waals surface area (Å²) in [5, 5.41) is 9.88. The highest BCUT2D eigenvalue weighted by molar-refractivity contribution is 9.10. The molecule has 2 nitrogen and oxygen atoms in total. The van der Waals surface area contributed by atoms with E-state index in [0.717, 1.165) is 6.07 Å². The van der Waals surface area contributed by atoms with Gasteiger partial charge in [-0.25, -0.2) is 0 Å². The standard InChI is InChI=1S/C12H13BrF3NO/c1-2-11(18)6-17(7-11)10-5-8(13)3-4-9(10)12(14,15)16/h3-5,18H,2,6-7H2,1H3. The summed E-state index contributed by atoms with van der Waals surface area (Å²) in [5.74, 6) is 0. The summed E-state index contributed by atoms with van der Waals surface area (Å²) in [7, 11) is 0. The molecule has 18 heavy (non-hydrogen) atoms. The minimum absolute atomic E-state index is 0.120. The first-order valence-electron chi connectivity index (χ1n) is 5.59. The lowest BCUT2D eigenvalue weighted by Crippen LogP contribution is -2.62. The Bertz CT molecular complexity index is 455. The van der Waals surface area contributed by atoms with Gasteiger partial charge in [0.25, 0.3) is 0 Å². The minimum atomic E-state index is -4.38. The lowest BCUT2D eigenvalue weighted by molar-refractivity contribution is -0.137. The normalized spacial score (nSPS) is 18.7. The van der Waals surface area contributed by atoms with Gasteiger partial charge in [0.2, 0.25) is 0 Å². The van der Waals surface area contributed by atoms with E-state index in [1.165, 1.54) is 12.1 Å². The van der Waals surface area contributed by atoms with Crippen molar-refractivity contribution < 1.29 is 18.3 Å². The van der Waals surface area contributed by atoms with E-state index >= 15 is 0 Å². The van der Waals surface area contributed by atoms with Gasteiger partial charge in [-0.2, -0.15) is 13.2 Å². The molecule has 0 spiro atoms. The lowest BCUT2D eigenvalue weighted by Gasteiger charge is -2.48. The van der Waals surface area contributed by atoms with Crippen LogP contribution in [0, 0.1) is 0 Å². The van der Waals surface area contributed by atoms with Crippen LogP contribution >= 0.6 is 15.9 Å². The molecule has 100 valence electrons. The maximum atomic E-state index is 12.9. The number of benzene rings is 1. The third-order valence-electron chi connectivity index (χ3n) is 3.23. The van der Waals surface area contributed by atoms with Crippen LogP contribution in [0.3, 0.4) is 0 Å². The smallest absolute Gasteiger partial charge is 0.386 e. The summed E-state index contributed by atoms with van der Waals surface area (Å²) >= 11 is 3.17. The summed E-state index contributed by atoms with van der Waals surface area (Å²) in [6.07, 6.45) is -3.84. The van der Waals surface area contributed by atoms with Gasteiger partial charge < -0.3 is 10.0 Å². The van der Waals surface area contributed by atoms with E-state index in [1.54, 1.807) is 4.90 Å². The molecule has 0 saturated carbocycles. The zero-order chi connectivity index (χ0) is 13.6. The van der Waals surface area contributed by atoms with Gasteiger partial charge in [-0.05, 0) is 24.6 Å².